The van der Waals surface area contributed by atoms with Crippen LogP contribution in [0.15, 0.2) is 60.7 Å². The normalized spacial score (nSPS) is 12.9. The van der Waals surface area contributed by atoms with Crippen molar-refractivity contribution in [2.75, 3.05) is 0 Å². The number of carbonyl (C=O) groups is 2. The molecule has 0 aliphatic heterocycles. The molecule has 6 aromatic rings. The molecule has 0 N–H and O–H groups in total. The fourth-order valence-corrected chi connectivity index (χ4v) is 6.66. The van der Waals surface area contributed by atoms with E-state index in [-0.39, 0.29) is 68.3 Å². The summed E-state index contributed by atoms with van der Waals surface area (Å²) in [6, 6.07) is 10.7. The molecule has 6 aromatic carbocycles. The quantitative estimate of drug-likeness (QED) is 0.0441. The van der Waals surface area contributed by atoms with E-state index in [1.807, 2.05) is 0 Å². The van der Waals surface area contributed by atoms with Crippen LogP contribution < -0.4 is 4.74 Å². The van der Waals surface area contributed by atoms with Gasteiger partial charge in [-0.1, -0.05) is 30.3 Å². The Kier molecular flexibility index (Phi) is 7.84. The lowest BCUT2D eigenvalue weighted by Crippen LogP contribution is -2.12. The van der Waals surface area contributed by atoms with Gasteiger partial charge < -0.3 is 4.74 Å². The monoisotopic (exact) mass is 674 g/mol. The molecule has 0 spiro atoms. The highest BCUT2D eigenvalue weighted by Gasteiger charge is 2.41. The second kappa shape index (κ2) is 11.4. The van der Waals surface area contributed by atoms with Gasteiger partial charge in [0.2, 0.25) is 0 Å². The molecule has 0 unspecified atom stereocenters. The molecule has 3 nitrogen and oxygen atoms in total. The van der Waals surface area contributed by atoms with Gasteiger partial charge in [-0.2, -0.15) is 39.5 Å². The molecule has 0 aliphatic rings. The van der Waals surface area contributed by atoms with Gasteiger partial charge in [-0.15, -0.1) is 0 Å². The number of esters is 1. The van der Waals surface area contributed by atoms with E-state index in [1.54, 1.807) is 13.8 Å². The predicted molar refractivity (Wildman–Crippen MR) is 163 cm³/mol. The Hall–Kier alpha value is -4.87. The summed E-state index contributed by atoms with van der Waals surface area (Å²) in [4.78, 5) is 23.9. The first kappa shape index (κ1) is 33.0. The lowest BCUT2D eigenvalue weighted by molar-refractivity contribution is -0.140. The molecule has 248 valence electrons. The van der Waals surface area contributed by atoms with Gasteiger partial charge >= 0.3 is 24.5 Å². The third kappa shape index (κ3) is 5.56. The molecule has 12 heteroatoms. The number of aryl methyl sites for hydroxylation is 3. The van der Waals surface area contributed by atoms with E-state index in [9.17, 15) is 49.1 Å². The zero-order chi connectivity index (χ0) is 34.9. The maximum Gasteiger partial charge on any atom is 0.417 e. The summed E-state index contributed by atoms with van der Waals surface area (Å²) >= 11 is 0. The van der Waals surface area contributed by atoms with Crippen LogP contribution in [0.25, 0.3) is 43.1 Å². The van der Waals surface area contributed by atoms with E-state index in [1.165, 1.54) is 24.3 Å². The molecule has 0 saturated carbocycles. The van der Waals surface area contributed by atoms with Crippen molar-refractivity contribution < 1.29 is 53.8 Å². The molecular weight excluding hydrogens is 651 g/mol. The van der Waals surface area contributed by atoms with E-state index < -0.39 is 46.6 Å². The van der Waals surface area contributed by atoms with E-state index in [0.717, 1.165) is 24.3 Å². The molecule has 0 saturated heterocycles. The standard InChI is InChI=1S/C36H23F9O3/c1-17-14-20(15-18(2)25(17)16-46)48-29(47)5-3-4-19-6-7-21-23-9-12-27(35(40,41)42)33-28(36(43,44)45)13-10-24(32(23)33)22-8-11-26(34(37,38)39)30(19)31(21)22/h6-16H,3-5H2,1-2H3. The molecule has 48 heavy (non-hydrogen) atoms. The minimum Gasteiger partial charge on any atom is -0.427 e. The van der Waals surface area contributed by atoms with Crippen molar-refractivity contribution >= 4 is 55.3 Å². The Morgan fingerprint density at radius 1 is 0.625 bits per heavy atom. The van der Waals surface area contributed by atoms with Gasteiger partial charge in [-0.3, -0.25) is 9.59 Å². The van der Waals surface area contributed by atoms with E-state index >= 15 is 0 Å². The summed E-state index contributed by atoms with van der Waals surface area (Å²) in [5, 5.41) is -1.63. The highest BCUT2D eigenvalue weighted by molar-refractivity contribution is 6.34. The van der Waals surface area contributed by atoms with E-state index in [4.69, 9.17) is 4.74 Å². The Bertz CT molecular complexity index is 2170. The highest BCUT2D eigenvalue weighted by atomic mass is 19.4. The van der Waals surface area contributed by atoms with Crippen LogP contribution >= 0.6 is 0 Å². The van der Waals surface area contributed by atoms with Crippen LogP contribution in [0.2, 0.25) is 0 Å². The van der Waals surface area contributed by atoms with Crippen LogP contribution in [0, 0.1) is 13.8 Å². The molecule has 0 aromatic heterocycles. The van der Waals surface area contributed by atoms with Gasteiger partial charge in [-0.05, 0) is 111 Å². The molecule has 0 aliphatic carbocycles. The van der Waals surface area contributed by atoms with Gasteiger partial charge in [0.1, 0.15) is 5.75 Å². The molecule has 0 bridgehead atoms. The molecule has 0 amide bonds. The number of benzene rings is 6. The van der Waals surface area contributed by atoms with Gasteiger partial charge in [0.05, 0.1) is 16.7 Å². The maximum absolute atomic E-state index is 14.4. The number of carbonyl (C=O) groups excluding carboxylic acids is 2. The van der Waals surface area contributed by atoms with Crippen LogP contribution in [-0.4, -0.2) is 12.3 Å². The number of ether oxygens (including phenoxy) is 1. The Morgan fingerprint density at radius 2 is 1.04 bits per heavy atom. The fourth-order valence-electron chi connectivity index (χ4n) is 6.66. The number of fused-ring (bicyclic) bond motifs is 2. The number of alkyl halides is 9. The molecule has 0 atom stereocenters. The zero-order valence-electron chi connectivity index (χ0n) is 25.1. The Balaban J connectivity index is 1.48. The van der Waals surface area contributed by atoms with Crippen molar-refractivity contribution in [1.82, 2.24) is 0 Å². The second-order valence-electron chi connectivity index (χ2n) is 11.7. The molecule has 0 radical (unpaired) electrons. The fraction of sp³-hybridized carbons (Fsp3) is 0.222. The molecular formula is C36H23F9O3. The third-order valence-electron chi connectivity index (χ3n) is 8.65. The number of rotatable bonds is 6. The van der Waals surface area contributed by atoms with Crippen molar-refractivity contribution in [2.45, 2.75) is 51.6 Å². The summed E-state index contributed by atoms with van der Waals surface area (Å²) < 4.78 is 133. The summed E-state index contributed by atoms with van der Waals surface area (Å²) in [7, 11) is 0. The van der Waals surface area contributed by atoms with Crippen molar-refractivity contribution in [2.24, 2.45) is 0 Å². The first-order valence-corrected chi connectivity index (χ1v) is 14.6. The SMILES string of the molecule is Cc1cc(OC(=O)CCCc2ccc3c4ccc(C(F)(F)F)c5c(C(F)(F)F)ccc(c6ccc(C(F)(F)F)c2c36)c54)cc(C)c1C=O. The minimum atomic E-state index is -5.14. The average Bonchev–Trinajstić information content (AvgIpc) is 2.97. The number of hydrogen-bond acceptors (Lipinski definition) is 3. The average molecular weight is 675 g/mol. The van der Waals surface area contributed by atoms with Crippen molar-refractivity contribution in [3.63, 3.8) is 0 Å². The largest absolute Gasteiger partial charge is 0.427 e. The molecule has 0 fully saturated rings. The highest BCUT2D eigenvalue weighted by Crippen LogP contribution is 2.50. The number of hydrogen-bond donors (Lipinski definition) is 0. The van der Waals surface area contributed by atoms with Crippen molar-refractivity contribution in [3.05, 3.63) is 99.6 Å². The molecule has 0 heterocycles. The number of halogens is 9. The summed E-state index contributed by atoms with van der Waals surface area (Å²) in [5.41, 5.74) is -2.20. The first-order valence-electron chi connectivity index (χ1n) is 14.6. The zero-order valence-corrected chi connectivity index (χ0v) is 25.1. The van der Waals surface area contributed by atoms with Crippen molar-refractivity contribution in [1.29, 1.82) is 0 Å². The van der Waals surface area contributed by atoms with Crippen LogP contribution in [0.1, 0.15) is 56.6 Å². The van der Waals surface area contributed by atoms with Crippen LogP contribution in [0.4, 0.5) is 39.5 Å². The predicted octanol–water partition coefficient (Wildman–Crippen LogP) is 11.2. The van der Waals surface area contributed by atoms with Gasteiger partial charge in [0.25, 0.3) is 0 Å². The summed E-state index contributed by atoms with van der Waals surface area (Å²) in [6.07, 6.45) is -14.6. The van der Waals surface area contributed by atoms with Crippen LogP contribution in [0.3, 0.4) is 0 Å². The second-order valence-corrected chi connectivity index (χ2v) is 11.7. The lowest BCUT2D eigenvalue weighted by Gasteiger charge is -2.23. The third-order valence-corrected chi connectivity index (χ3v) is 8.65. The smallest absolute Gasteiger partial charge is 0.417 e. The van der Waals surface area contributed by atoms with Crippen LogP contribution in [-0.2, 0) is 29.7 Å². The van der Waals surface area contributed by atoms with E-state index in [0.29, 0.717) is 35.1 Å². The summed E-state index contributed by atoms with van der Waals surface area (Å²) in [6.45, 7) is 3.35. The Morgan fingerprint density at radius 3 is 1.48 bits per heavy atom. The maximum atomic E-state index is 14.4. The lowest BCUT2D eigenvalue weighted by atomic mass is 9.83. The van der Waals surface area contributed by atoms with E-state index in [2.05, 4.69) is 0 Å². The molecule has 6 rings (SSSR count). The topological polar surface area (TPSA) is 43.4 Å². The Labute approximate surface area is 266 Å². The first-order chi connectivity index (χ1) is 22.4. The van der Waals surface area contributed by atoms with Crippen molar-refractivity contribution in [3.8, 4) is 5.75 Å². The summed E-state index contributed by atoms with van der Waals surface area (Å²) in [5.74, 6) is -0.454. The minimum absolute atomic E-state index is 0.0250. The van der Waals surface area contributed by atoms with Crippen LogP contribution in [0.5, 0.6) is 5.75 Å². The number of aldehydes is 1. The van der Waals surface area contributed by atoms with Gasteiger partial charge in [-0.25, -0.2) is 0 Å². The van der Waals surface area contributed by atoms with Gasteiger partial charge in [0.15, 0.2) is 6.29 Å². The van der Waals surface area contributed by atoms with Gasteiger partial charge in [0, 0.05) is 17.4 Å².